The van der Waals surface area contributed by atoms with E-state index in [4.69, 9.17) is 4.74 Å². The van der Waals surface area contributed by atoms with E-state index in [9.17, 15) is 10.2 Å². The van der Waals surface area contributed by atoms with Gasteiger partial charge in [0, 0.05) is 6.42 Å². The summed E-state index contributed by atoms with van der Waals surface area (Å²) in [6.07, 6.45) is 3.43. The third-order valence-electron chi connectivity index (χ3n) is 2.43. The number of rotatable bonds is 8. The molecule has 96 valence electrons. The number of aliphatic hydroxyl groups excluding tert-OH is 2. The number of ether oxygens (including phenoxy) is 1. The molecule has 0 aliphatic rings. The second-order valence-corrected chi connectivity index (χ2v) is 4.63. The summed E-state index contributed by atoms with van der Waals surface area (Å²) in [6.45, 7) is 5.93. The lowest BCUT2D eigenvalue weighted by Gasteiger charge is -2.21. The monoisotopic (exact) mass is 248 g/mol. The Morgan fingerprint density at radius 1 is 1.44 bits per heavy atom. The van der Waals surface area contributed by atoms with Crippen LogP contribution < -0.4 is 0 Å². The molecule has 0 heterocycles. The SMILES string of the molecule is CC=C(CCCC)OC[C@H](S)[C@@H](O)[C@H](C)O. The molecule has 0 amide bonds. The normalized spacial score (nSPS) is 18.0. The number of allylic oxidation sites excluding steroid dienone is 2. The molecule has 0 rings (SSSR count). The maximum atomic E-state index is 9.53. The Hall–Kier alpha value is -0.190. The van der Waals surface area contributed by atoms with Gasteiger partial charge >= 0.3 is 0 Å². The molecule has 0 saturated heterocycles. The van der Waals surface area contributed by atoms with E-state index < -0.39 is 12.2 Å². The molecule has 0 unspecified atom stereocenters. The summed E-state index contributed by atoms with van der Waals surface area (Å²) in [5, 5.41) is 18.4. The van der Waals surface area contributed by atoms with Crippen LogP contribution in [-0.4, -0.2) is 34.3 Å². The van der Waals surface area contributed by atoms with Gasteiger partial charge < -0.3 is 14.9 Å². The van der Waals surface area contributed by atoms with Crippen molar-refractivity contribution in [2.75, 3.05) is 6.61 Å². The van der Waals surface area contributed by atoms with Crippen LogP contribution in [0.1, 0.15) is 40.0 Å². The minimum atomic E-state index is -0.854. The van der Waals surface area contributed by atoms with Gasteiger partial charge in [-0.1, -0.05) is 13.3 Å². The van der Waals surface area contributed by atoms with Crippen LogP contribution in [0.2, 0.25) is 0 Å². The lowest BCUT2D eigenvalue weighted by atomic mass is 10.1. The molecule has 3 nitrogen and oxygen atoms in total. The Morgan fingerprint density at radius 3 is 2.50 bits per heavy atom. The smallest absolute Gasteiger partial charge is 0.102 e. The van der Waals surface area contributed by atoms with Crippen molar-refractivity contribution in [3.05, 3.63) is 11.8 Å². The Morgan fingerprint density at radius 2 is 2.06 bits per heavy atom. The number of unbranched alkanes of at least 4 members (excludes halogenated alkanes) is 1. The highest BCUT2D eigenvalue weighted by Gasteiger charge is 2.20. The molecule has 0 aromatic carbocycles. The Labute approximate surface area is 104 Å². The molecule has 0 spiro atoms. The van der Waals surface area contributed by atoms with Gasteiger partial charge in [-0.3, -0.25) is 0 Å². The summed E-state index contributed by atoms with van der Waals surface area (Å²) in [4.78, 5) is 0. The average Bonchev–Trinajstić information content (AvgIpc) is 2.27. The summed E-state index contributed by atoms with van der Waals surface area (Å²) in [6, 6.07) is 0. The first-order chi connectivity index (χ1) is 7.52. The van der Waals surface area contributed by atoms with Crippen LogP contribution in [0.3, 0.4) is 0 Å². The first kappa shape index (κ1) is 15.8. The number of thiol groups is 1. The molecule has 0 fully saturated rings. The highest BCUT2D eigenvalue weighted by Crippen LogP contribution is 2.13. The van der Waals surface area contributed by atoms with Crippen molar-refractivity contribution in [1.82, 2.24) is 0 Å². The van der Waals surface area contributed by atoms with Crippen LogP contribution in [0.15, 0.2) is 11.8 Å². The Bertz CT molecular complexity index is 204. The first-order valence-electron chi connectivity index (χ1n) is 5.85. The second kappa shape index (κ2) is 8.90. The van der Waals surface area contributed by atoms with Crippen molar-refractivity contribution < 1.29 is 14.9 Å². The standard InChI is InChI=1S/C12H24O3S/c1-4-6-7-10(5-2)15-8-11(16)12(14)9(3)13/h5,9,11-14,16H,4,6-8H2,1-3H3/t9-,11-,12-/m0/s1. The maximum Gasteiger partial charge on any atom is 0.102 e. The molecule has 0 aromatic heterocycles. The Balaban J connectivity index is 3.93. The number of hydrogen-bond acceptors (Lipinski definition) is 4. The summed E-state index contributed by atoms with van der Waals surface area (Å²) in [5.41, 5.74) is 0. The second-order valence-electron chi connectivity index (χ2n) is 3.97. The molecule has 0 aliphatic carbocycles. The van der Waals surface area contributed by atoms with Gasteiger partial charge in [-0.25, -0.2) is 0 Å². The molecule has 0 radical (unpaired) electrons. The number of aliphatic hydroxyl groups is 2. The molecule has 3 atom stereocenters. The summed E-state index contributed by atoms with van der Waals surface area (Å²) in [5.74, 6) is 0.929. The van der Waals surface area contributed by atoms with Crippen molar-refractivity contribution in [1.29, 1.82) is 0 Å². The minimum Gasteiger partial charge on any atom is -0.497 e. The van der Waals surface area contributed by atoms with Crippen LogP contribution in [0.4, 0.5) is 0 Å². The molecular formula is C12H24O3S. The topological polar surface area (TPSA) is 49.7 Å². The van der Waals surface area contributed by atoms with Gasteiger partial charge in [0.25, 0.3) is 0 Å². The van der Waals surface area contributed by atoms with Crippen molar-refractivity contribution in [3.8, 4) is 0 Å². The van der Waals surface area contributed by atoms with Gasteiger partial charge in [0.15, 0.2) is 0 Å². The van der Waals surface area contributed by atoms with E-state index in [1.165, 1.54) is 0 Å². The van der Waals surface area contributed by atoms with E-state index in [2.05, 4.69) is 19.6 Å². The van der Waals surface area contributed by atoms with Gasteiger partial charge in [-0.05, 0) is 26.3 Å². The van der Waals surface area contributed by atoms with Crippen LogP contribution in [0.5, 0.6) is 0 Å². The lowest BCUT2D eigenvalue weighted by molar-refractivity contribution is 0.0171. The third-order valence-corrected chi connectivity index (χ3v) is 2.88. The maximum absolute atomic E-state index is 9.53. The number of hydrogen-bond donors (Lipinski definition) is 3. The zero-order valence-corrected chi connectivity index (χ0v) is 11.3. The molecule has 4 heteroatoms. The van der Waals surface area contributed by atoms with Crippen molar-refractivity contribution in [2.24, 2.45) is 0 Å². The molecule has 16 heavy (non-hydrogen) atoms. The van der Waals surface area contributed by atoms with E-state index in [0.29, 0.717) is 6.61 Å². The van der Waals surface area contributed by atoms with E-state index >= 15 is 0 Å². The van der Waals surface area contributed by atoms with Crippen LogP contribution in [0, 0.1) is 0 Å². The van der Waals surface area contributed by atoms with Gasteiger partial charge in [-0.2, -0.15) is 12.6 Å². The molecule has 0 aromatic rings. The highest BCUT2D eigenvalue weighted by molar-refractivity contribution is 7.81. The zero-order chi connectivity index (χ0) is 12.6. The van der Waals surface area contributed by atoms with E-state index in [1.807, 2.05) is 13.0 Å². The van der Waals surface area contributed by atoms with E-state index in [0.717, 1.165) is 25.0 Å². The third kappa shape index (κ3) is 6.40. The predicted molar refractivity (Wildman–Crippen MR) is 69.7 cm³/mol. The quantitative estimate of drug-likeness (QED) is 0.455. The van der Waals surface area contributed by atoms with Crippen LogP contribution >= 0.6 is 12.6 Å². The average molecular weight is 248 g/mol. The van der Waals surface area contributed by atoms with E-state index in [-0.39, 0.29) is 5.25 Å². The molecule has 0 saturated carbocycles. The fourth-order valence-corrected chi connectivity index (χ4v) is 1.59. The van der Waals surface area contributed by atoms with Crippen LogP contribution in [-0.2, 0) is 4.74 Å². The van der Waals surface area contributed by atoms with Gasteiger partial charge in [0.05, 0.1) is 23.2 Å². The summed E-state index contributed by atoms with van der Waals surface area (Å²) < 4.78 is 5.54. The predicted octanol–water partition coefficient (Wildman–Crippen LogP) is 2.14. The largest absolute Gasteiger partial charge is 0.497 e. The van der Waals surface area contributed by atoms with Gasteiger partial charge in [0.1, 0.15) is 6.61 Å². The minimum absolute atomic E-state index is 0.318. The lowest BCUT2D eigenvalue weighted by Crippen LogP contribution is -2.35. The molecule has 0 aliphatic heterocycles. The highest BCUT2D eigenvalue weighted by atomic mass is 32.1. The van der Waals surface area contributed by atoms with Gasteiger partial charge in [0.2, 0.25) is 0 Å². The fraction of sp³-hybridized carbons (Fsp3) is 0.833. The molecule has 0 bridgehead atoms. The molecular weight excluding hydrogens is 224 g/mol. The molecule has 2 N–H and O–H groups in total. The van der Waals surface area contributed by atoms with Crippen LogP contribution in [0.25, 0.3) is 0 Å². The first-order valence-corrected chi connectivity index (χ1v) is 6.36. The Kier molecular flexibility index (Phi) is 8.80. The van der Waals surface area contributed by atoms with Gasteiger partial charge in [-0.15, -0.1) is 0 Å². The van der Waals surface area contributed by atoms with E-state index in [1.54, 1.807) is 6.92 Å². The van der Waals surface area contributed by atoms with Crippen molar-refractivity contribution >= 4 is 12.6 Å². The summed E-state index contributed by atoms with van der Waals surface area (Å²) in [7, 11) is 0. The van der Waals surface area contributed by atoms with Crippen molar-refractivity contribution in [2.45, 2.75) is 57.5 Å². The van der Waals surface area contributed by atoms with Crippen molar-refractivity contribution in [3.63, 3.8) is 0 Å². The zero-order valence-electron chi connectivity index (χ0n) is 10.4. The fourth-order valence-electron chi connectivity index (χ4n) is 1.26. The summed E-state index contributed by atoms with van der Waals surface area (Å²) >= 11 is 4.21.